The van der Waals surface area contributed by atoms with Gasteiger partial charge < -0.3 is 25.1 Å². The Balaban J connectivity index is 0.00000361. The van der Waals surface area contributed by atoms with Crippen molar-refractivity contribution in [3.05, 3.63) is 17.7 Å². The first-order valence-corrected chi connectivity index (χ1v) is 5.45. The topological polar surface area (TPSA) is 73.9 Å². The highest BCUT2D eigenvalue weighted by atomic mass is 35.5. The van der Waals surface area contributed by atoms with Crippen LogP contribution in [0, 0.1) is 0 Å². The maximum atomic E-state index is 13.5. The second kappa shape index (κ2) is 7.47. The third-order valence-electron chi connectivity index (χ3n) is 2.73. The highest BCUT2D eigenvalue weighted by molar-refractivity contribution is 5.85. The van der Waals surface area contributed by atoms with Crippen molar-refractivity contribution in [2.45, 2.75) is 12.0 Å². The Morgan fingerprint density at radius 1 is 1.15 bits per heavy atom. The number of benzene rings is 1. The molecule has 0 fully saturated rings. The van der Waals surface area contributed by atoms with Crippen molar-refractivity contribution in [1.29, 1.82) is 0 Å². The summed E-state index contributed by atoms with van der Waals surface area (Å²) in [5, 5.41) is 8.72. The van der Waals surface area contributed by atoms with Gasteiger partial charge in [-0.25, -0.2) is 8.78 Å². The second-order valence-electron chi connectivity index (χ2n) is 3.84. The van der Waals surface area contributed by atoms with Crippen molar-refractivity contribution in [3.63, 3.8) is 0 Å². The third kappa shape index (κ3) is 3.62. The molecule has 0 aliphatic heterocycles. The number of hydrogen-bond donors (Lipinski definition) is 2. The molecule has 8 heteroatoms. The van der Waals surface area contributed by atoms with Gasteiger partial charge in [0.2, 0.25) is 0 Å². The molecule has 0 amide bonds. The van der Waals surface area contributed by atoms with Gasteiger partial charge >= 0.3 is 0 Å². The maximum Gasteiger partial charge on any atom is 0.289 e. The zero-order valence-corrected chi connectivity index (χ0v) is 12.2. The van der Waals surface area contributed by atoms with Crippen molar-refractivity contribution >= 4 is 12.4 Å². The van der Waals surface area contributed by atoms with E-state index in [2.05, 4.69) is 0 Å². The first-order valence-electron chi connectivity index (χ1n) is 5.45. The highest BCUT2D eigenvalue weighted by Gasteiger charge is 2.40. The van der Waals surface area contributed by atoms with Gasteiger partial charge in [-0.2, -0.15) is 0 Å². The molecule has 0 saturated heterocycles. The van der Waals surface area contributed by atoms with Crippen LogP contribution in [0.2, 0.25) is 0 Å². The summed E-state index contributed by atoms with van der Waals surface area (Å²) in [6, 6.07) is 1.09. The van der Waals surface area contributed by atoms with E-state index in [-0.39, 0.29) is 29.5 Å². The molecule has 20 heavy (non-hydrogen) atoms. The van der Waals surface area contributed by atoms with Crippen LogP contribution in [0.3, 0.4) is 0 Å². The van der Waals surface area contributed by atoms with Gasteiger partial charge in [0.15, 0.2) is 0 Å². The Morgan fingerprint density at radius 3 is 1.90 bits per heavy atom. The fourth-order valence-corrected chi connectivity index (χ4v) is 1.65. The minimum Gasteiger partial charge on any atom is -0.496 e. The fourth-order valence-electron chi connectivity index (χ4n) is 1.65. The van der Waals surface area contributed by atoms with Crippen LogP contribution in [0.5, 0.6) is 17.2 Å². The van der Waals surface area contributed by atoms with E-state index >= 15 is 0 Å². The van der Waals surface area contributed by atoms with Crippen LogP contribution in [0.15, 0.2) is 12.1 Å². The van der Waals surface area contributed by atoms with Gasteiger partial charge in [0.1, 0.15) is 29.9 Å². The second-order valence-corrected chi connectivity index (χ2v) is 3.84. The lowest BCUT2D eigenvalue weighted by Gasteiger charge is -2.25. The molecule has 116 valence electrons. The lowest BCUT2D eigenvalue weighted by atomic mass is 9.99. The first kappa shape index (κ1) is 18.7. The molecule has 0 heterocycles. The van der Waals surface area contributed by atoms with Crippen LogP contribution in [0.1, 0.15) is 11.6 Å². The smallest absolute Gasteiger partial charge is 0.289 e. The Labute approximate surface area is 122 Å². The predicted octanol–water partition coefficient (Wildman–Crippen LogP) is 1.76. The molecule has 0 aromatic heterocycles. The van der Waals surface area contributed by atoms with E-state index in [0.29, 0.717) is 5.75 Å². The molecule has 0 spiro atoms. The summed E-state index contributed by atoms with van der Waals surface area (Å²) in [5.74, 6) is -2.89. The van der Waals surface area contributed by atoms with Crippen molar-refractivity contribution in [2.75, 3.05) is 27.9 Å². The van der Waals surface area contributed by atoms with Crippen LogP contribution in [0.4, 0.5) is 8.78 Å². The van der Waals surface area contributed by atoms with Gasteiger partial charge in [-0.05, 0) is 0 Å². The van der Waals surface area contributed by atoms with Crippen LogP contribution < -0.4 is 19.9 Å². The van der Waals surface area contributed by atoms with Crippen molar-refractivity contribution in [1.82, 2.24) is 0 Å². The van der Waals surface area contributed by atoms with Gasteiger partial charge in [-0.1, -0.05) is 0 Å². The summed E-state index contributed by atoms with van der Waals surface area (Å²) in [4.78, 5) is 0. The summed E-state index contributed by atoms with van der Waals surface area (Å²) in [6.45, 7) is -1.37. The van der Waals surface area contributed by atoms with Gasteiger partial charge in [0, 0.05) is 12.1 Å². The number of halogens is 3. The van der Waals surface area contributed by atoms with E-state index in [1.54, 1.807) is 0 Å². The summed E-state index contributed by atoms with van der Waals surface area (Å²) >= 11 is 0. The summed E-state index contributed by atoms with van der Waals surface area (Å²) in [7, 11) is 4.07. The number of hydrogen-bond acceptors (Lipinski definition) is 5. The van der Waals surface area contributed by atoms with Crippen LogP contribution in [-0.2, 0) is 0 Å². The van der Waals surface area contributed by atoms with Gasteiger partial charge in [-0.3, -0.25) is 0 Å². The molecule has 3 N–H and O–H groups in total. The van der Waals surface area contributed by atoms with Gasteiger partial charge in [0.25, 0.3) is 5.92 Å². The zero-order valence-electron chi connectivity index (χ0n) is 11.4. The Morgan fingerprint density at radius 2 is 1.60 bits per heavy atom. The molecular formula is C12H18ClF2NO4. The van der Waals surface area contributed by atoms with E-state index in [4.69, 9.17) is 25.1 Å². The number of methoxy groups -OCH3 is 3. The average molecular weight is 314 g/mol. The zero-order chi connectivity index (χ0) is 14.6. The Hall–Kier alpha value is -1.31. The quantitative estimate of drug-likeness (QED) is 0.837. The van der Waals surface area contributed by atoms with Crippen molar-refractivity contribution < 1.29 is 28.1 Å². The van der Waals surface area contributed by atoms with Crippen molar-refractivity contribution in [2.24, 2.45) is 5.73 Å². The molecule has 0 aliphatic rings. The van der Waals surface area contributed by atoms with Crippen LogP contribution in [0.25, 0.3) is 0 Å². The molecule has 0 saturated carbocycles. The predicted molar refractivity (Wildman–Crippen MR) is 72.3 cm³/mol. The molecule has 5 nitrogen and oxygen atoms in total. The number of alkyl halides is 2. The normalized spacial score (nSPS) is 12.3. The summed E-state index contributed by atoms with van der Waals surface area (Å²) in [6.07, 6.45) is 0. The minimum absolute atomic E-state index is 0. The summed E-state index contributed by atoms with van der Waals surface area (Å²) in [5.41, 5.74) is 5.49. The van der Waals surface area contributed by atoms with E-state index < -0.39 is 18.6 Å². The molecule has 1 aromatic carbocycles. The molecule has 0 aliphatic carbocycles. The van der Waals surface area contributed by atoms with E-state index in [1.165, 1.54) is 33.5 Å². The third-order valence-corrected chi connectivity index (χ3v) is 2.73. The van der Waals surface area contributed by atoms with E-state index in [0.717, 1.165) is 0 Å². The van der Waals surface area contributed by atoms with Crippen molar-refractivity contribution in [3.8, 4) is 17.2 Å². The molecule has 1 aromatic rings. The molecule has 0 radical (unpaired) electrons. The molecular weight excluding hydrogens is 296 g/mol. The highest BCUT2D eigenvalue weighted by Crippen LogP contribution is 2.42. The fraction of sp³-hybridized carbons (Fsp3) is 0.500. The number of aliphatic hydroxyl groups is 1. The largest absolute Gasteiger partial charge is 0.496 e. The molecule has 1 atom stereocenters. The number of ether oxygens (including phenoxy) is 3. The molecule has 1 rings (SSSR count). The maximum absolute atomic E-state index is 13.5. The van der Waals surface area contributed by atoms with Crippen LogP contribution in [-0.4, -0.2) is 39.0 Å². The lowest BCUT2D eigenvalue weighted by Crippen LogP contribution is -2.36. The summed E-state index contributed by atoms with van der Waals surface area (Å²) < 4.78 is 42.1. The molecule has 0 bridgehead atoms. The standard InChI is InChI=1S/C12H17F2NO4.ClH/c1-17-7-4-8(18-2)10(9(5-7)19-3)11(15)12(13,14)6-16;/h4-5,11,16H,6,15H2,1-3H3;1H/t11-;/m0./s1. The lowest BCUT2D eigenvalue weighted by molar-refractivity contribution is -0.0719. The number of nitrogens with two attached hydrogens (primary N) is 1. The SMILES string of the molecule is COc1cc(OC)c([C@H](N)C(F)(F)CO)c(OC)c1.Cl. The van der Waals surface area contributed by atoms with Gasteiger partial charge in [0.05, 0.1) is 26.9 Å². The van der Waals surface area contributed by atoms with E-state index in [9.17, 15) is 8.78 Å². The Bertz CT molecular complexity index is 420. The molecule has 0 unspecified atom stereocenters. The Kier molecular flexibility index (Phi) is 6.98. The number of aliphatic hydroxyl groups excluding tert-OH is 1. The minimum atomic E-state index is -3.49. The van der Waals surface area contributed by atoms with Gasteiger partial charge in [-0.15, -0.1) is 12.4 Å². The average Bonchev–Trinajstić information content (AvgIpc) is 2.44. The first-order chi connectivity index (χ1) is 8.91. The monoisotopic (exact) mass is 313 g/mol. The van der Waals surface area contributed by atoms with Crippen LogP contribution >= 0.6 is 12.4 Å². The number of rotatable bonds is 6. The van der Waals surface area contributed by atoms with E-state index in [1.807, 2.05) is 0 Å².